The highest BCUT2D eigenvalue weighted by atomic mass is 35.5. The lowest BCUT2D eigenvalue weighted by Gasteiger charge is -2.07. The highest BCUT2D eigenvalue weighted by molar-refractivity contribution is 6.29. The monoisotopic (exact) mass is 208 g/mol. The zero-order chi connectivity index (χ0) is 10.6. The first-order chi connectivity index (χ1) is 6.59. The SMILES string of the molecule is C=C(Cl)CCc1cccc(C(C)C)c1. The van der Waals surface area contributed by atoms with Crippen molar-refractivity contribution < 1.29 is 0 Å². The summed E-state index contributed by atoms with van der Waals surface area (Å²) in [5.41, 5.74) is 2.74. The van der Waals surface area contributed by atoms with E-state index in [0.29, 0.717) is 5.92 Å². The summed E-state index contributed by atoms with van der Waals surface area (Å²) in [6.45, 7) is 8.11. The van der Waals surface area contributed by atoms with Gasteiger partial charge in [0.15, 0.2) is 0 Å². The predicted octanol–water partition coefficient (Wildman–Crippen LogP) is 4.50. The van der Waals surface area contributed by atoms with Gasteiger partial charge < -0.3 is 0 Å². The van der Waals surface area contributed by atoms with E-state index in [1.54, 1.807) is 0 Å². The number of halogens is 1. The summed E-state index contributed by atoms with van der Waals surface area (Å²) < 4.78 is 0. The normalized spacial score (nSPS) is 10.6. The molecule has 0 N–H and O–H groups in total. The van der Waals surface area contributed by atoms with Crippen molar-refractivity contribution >= 4 is 11.6 Å². The Hall–Kier alpha value is -0.750. The maximum Gasteiger partial charge on any atom is 0.0112 e. The van der Waals surface area contributed by atoms with Crippen molar-refractivity contribution in [3.8, 4) is 0 Å². The summed E-state index contributed by atoms with van der Waals surface area (Å²) in [6, 6.07) is 8.68. The average Bonchev–Trinajstić information content (AvgIpc) is 2.15. The molecule has 1 heteroatoms. The van der Waals surface area contributed by atoms with E-state index in [1.807, 2.05) is 0 Å². The van der Waals surface area contributed by atoms with E-state index in [1.165, 1.54) is 11.1 Å². The largest absolute Gasteiger partial charge is 0.0898 e. The van der Waals surface area contributed by atoms with Gasteiger partial charge in [0, 0.05) is 5.03 Å². The minimum Gasteiger partial charge on any atom is -0.0898 e. The smallest absolute Gasteiger partial charge is 0.0112 e. The second-order valence-electron chi connectivity index (χ2n) is 3.92. The Labute approximate surface area is 91.6 Å². The van der Waals surface area contributed by atoms with Gasteiger partial charge >= 0.3 is 0 Å². The second kappa shape index (κ2) is 5.21. The fourth-order valence-electron chi connectivity index (χ4n) is 1.39. The molecular weight excluding hydrogens is 192 g/mol. The van der Waals surface area contributed by atoms with Crippen molar-refractivity contribution in [3.63, 3.8) is 0 Å². The maximum atomic E-state index is 5.74. The van der Waals surface area contributed by atoms with E-state index in [9.17, 15) is 0 Å². The number of rotatable bonds is 4. The lowest BCUT2D eigenvalue weighted by Crippen LogP contribution is -1.90. The number of benzene rings is 1. The zero-order valence-corrected chi connectivity index (χ0v) is 9.64. The fourth-order valence-corrected chi connectivity index (χ4v) is 1.48. The summed E-state index contributed by atoms with van der Waals surface area (Å²) in [5, 5.41) is 0.736. The van der Waals surface area contributed by atoms with E-state index in [4.69, 9.17) is 11.6 Å². The van der Waals surface area contributed by atoms with Gasteiger partial charge in [0.2, 0.25) is 0 Å². The van der Waals surface area contributed by atoms with Gasteiger partial charge in [-0.25, -0.2) is 0 Å². The van der Waals surface area contributed by atoms with Crippen LogP contribution in [0.15, 0.2) is 35.9 Å². The molecule has 0 aromatic heterocycles. The third-order valence-electron chi connectivity index (χ3n) is 2.30. The molecule has 1 aromatic carbocycles. The molecule has 0 heterocycles. The Kier molecular flexibility index (Phi) is 4.21. The first-order valence-electron chi connectivity index (χ1n) is 5.01. The summed E-state index contributed by atoms with van der Waals surface area (Å²) in [5.74, 6) is 0.592. The van der Waals surface area contributed by atoms with Crippen LogP contribution in [0.2, 0.25) is 0 Å². The van der Waals surface area contributed by atoms with Gasteiger partial charge in [-0.05, 0) is 29.9 Å². The van der Waals surface area contributed by atoms with E-state index >= 15 is 0 Å². The van der Waals surface area contributed by atoms with Crippen LogP contribution in [0, 0.1) is 0 Å². The van der Waals surface area contributed by atoms with Gasteiger partial charge in [0.05, 0.1) is 0 Å². The topological polar surface area (TPSA) is 0 Å². The number of allylic oxidation sites excluding steroid dienone is 1. The van der Waals surface area contributed by atoms with Crippen molar-refractivity contribution in [2.45, 2.75) is 32.6 Å². The third-order valence-corrected chi connectivity index (χ3v) is 2.49. The molecule has 0 atom stereocenters. The van der Waals surface area contributed by atoms with Crippen LogP contribution in [-0.2, 0) is 6.42 Å². The van der Waals surface area contributed by atoms with E-state index in [-0.39, 0.29) is 0 Å². The highest BCUT2D eigenvalue weighted by Crippen LogP contribution is 2.17. The minimum absolute atomic E-state index is 0.592. The Balaban J connectivity index is 2.68. The van der Waals surface area contributed by atoms with Gasteiger partial charge in [-0.1, -0.05) is 56.3 Å². The Morgan fingerprint density at radius 3 is 2.71 bits per heavy atom. The lowest BCUT2D eigenvalue weighted by molar-refractivity contribution is 0.859. The molecule has 0 aliphatic rings. The molecule has 0 saturated carbocycles. The third kappa shape index (κ3) is 3.55. The van der Waals surface area contributed by atoms with Gasteiger partial charge in [0.25, 0.3) is 0 Å². The predicted molar refractivity (Wildman–Crippen MR) is 63.8 cm³/mol. The van der Waals surface area contributed by atoms with Crippen LogP contribution < -0.4 is 0 Å². The molecule has 0 aliphatic carbocycles. The summed E-state index contributed by atoms with van der Waals surface area (Å²) in [4.78, 5) is 0. The van der Waals surface area contributed by atoms with Gasteiger partial charge in [-0.3, -0.25) is 0 Å². The first-order valence-corrected chi connectivity index (χ1v) is 5.39. The molecule has 0 amide bonds. The molecule has 0 saturated heterocycles. The molecule has 0 nitrogen and oxygen atoms in total. The van der Waals surface area contributed by atoms with E-state index in [0.717, 1.165) is 17.9 Å². The molecule has 0 unspecified atom stereocenters. The van der Waals surface area contributed by atoms with Crippen LogP contribution in [-0.4, -0.2) is 0 Å². The van der Waals surface area contributed by atoms with Gasteiger partial charge in [-0.2, -0.15) is 0 Å². The van der Waals surface area contributed by atoms with Crippen LogP contribution in [0.5, 0.6) is 0 Å². The van der Waals surface area contributed by atoms with Crippen molar-refractivity contribution in [1.29, 1.82) is 0 Å². The van der Waals surface area contributed by atoms with Gasteiger partial charge in [0.1, 0.15) is 0 Å². The number of hydrogen-bond donors (Lipinski definition) is 0. The fraction of sp³-hybridized carbons (Fsp3) is 0.385. The molecule has 0 aliphatic heterocycles. The molecule has 0 spiro atoms. The van der Waals surface area contributed by atoms with Crippen LogP contribution in [0.3, 0.4) is 0 Å². The molecular formula is C13H17Cl. The molecule has 1 rings (SSSR count). The number of hydrogen-bond acceptors (Lipinski definition) is 0. The Morgan fingerprint density at radius 1 is 1.43 bits per heavy atom. The second-order valence-corrected chi connectivity index (χ2v) is 4.45. The average molecular weight is 209 g/mol. The van der Waals surface area contributed by atoms with Crippen LogP contribution >= 0.6 is 11.6 Å². The first kappa shape index (κ1) is 11.3. The van der Waals surface area contributed by atoms with Crippen LogP contribution in [0.25, 0.3) is 0 Å². The molecule has 76 valence electrons. The van der Waals surface area contributed by atoms with Crippen LogP contribution in [0.1, 0.15) is 37.3 Å². The quantitative estimate of drug-likeness (QED) is 0.684. The standard InChI is InChI=1S/C13H17Cl/c1-10(2)13-6-4-5-12(9-13)8-7-11(3)14/h4-6,9-10H,3,7-8H2,1-2H3. The summed E-state index contributed by atoms with van der Waals surface area (Å²) >= 11 is 5.74. The molecule has 0 bridgehead atoms. The van der Waals surface area contributed by atoms with Crippen molar-refractivity contribution in [2.75, 3.05) is 0 Å². The molecule has 0 fully saturated rings. The maximum absolute atomic E-state index is 5.74. The van der Waals surface area contributed by atoms with E-state index in [2.05, 4.69) is 44.7 Å². The van der Waals surface area contributed by atoms with Crippen molar-refractivity contribution in [3.05, 3.63) is 47.0 Å². The van der Waals surface area contributed by atoms with Crippen molar-refractivity contribution in [2.24, 2.45) is 0 Å². The van der Waals surface area contributed by atoms with Crippen LogP contribution in [0.4, 0.5) is 0 Å². The zero-order valence-electron chi connectivity index (χ0n) is 8.89. The summed E-state index contributed by atoms with van der Waals surface area (Å²) in [6.07, 6.45) is 1.85. The van der Waals surface area contributed by atoms with Crippen molar-refractivity contribution in [1.82, 2.24) is 0 Å². The molecule has 14 heavy (non-hydrogen) atoms. The Morgan fingerprint density at radius 2 is 2.14 bits per heavy atom. The minimum atomic E-state index is 0.592. The lowest BCUT2D eigenvalue weighted by atomic mass is 9.99. The van der Waals surface area contributed by atoms with Gasteiger partial charge in [-0.15, -0.1) is 0 Å². The Bertz CT molecular complexity index is 313. The molecule has 0 radical (unpaired) electrons. The molecule has 1 aromatic rings. The highest BCUT2D eigenvalue weighted by Gasteiger charge is 2.00. The van der Waals surface area contributed by atoms with E-state index < -0.39 is 0 Å². The number of aryl methyl sites for hydroxylation is 1. The summed E-state index contributed by atoms with van der Waals surface area (Å²) in [7, 11) is 0.